The summed E-state index contributed by atoms with van der Waals surface area (Å²) in [5, 5.41) is 0. The van der Waals surface area contributed by atoms with E-state index in [1.54, 1.807) is 0 Å². The lowest BCUT2D eigenvalue weighted by Gasteiger charge is -2.53. The van der Waals surface area contributed by atoms with Gasteiger partial charge >= 0.3 is 0 Å². The summed E-state index contributed by atoms with van der Waals surface area (Å²) < 4.78 is 6.07. The van der Waals surface area contributed by atoms with E-state index < -0.39 is 0 Å². The number of hydrogen-bond donors (Lipinski definition) is 0. The van der Waals surface area contributed by atoms with Crippen molar-refractivity contribution in [1.82, 2.24) is 0 Å². The van der Waals surface area contributed by atoms with Crippen LogP contribution in [-0.2, 0) is 4.74 Å². The van der Waals surface area contributed by atoms with Crippen molar-refractivity contribution >= 4 is 15.9 Å². The minimum Gasteiger partial charge on any atom is -0.375 e. The maximum atomic E-state index is 6.07. The summed E-state index contributed by atoms with van der Waals surface area (Å²) in [5.41, 5.74) is 0.406. The monoisotopic (exact) mass is 262 g/mol. The molecule has 0 aromatic heterocycles. The number of rotatable bonds is 5. The smallest absolute Gasteiger partial charge is 0.0656 e. The molecule has 1 fully saturated rings. The van der Waals surface area contributed by atoms with Crippen LogP contribution in [-0.4, -0.2) is 17.0 Å². The molecule has 0 saturated heterocycles. The Morgan fingerprint density at radius 1 is 1.36 bits per heavy atom. The fourth-order valence-electron chi connectivity index (χ4n) is 2.41. The second kappa shape index (κ2) is 4.98. The van der Waals surface area contributed by atoms with Gasteiger partial charge in [0, 0.05) is 10.2 Å². The first-order chi connectivity index (χ1) is 6.60. The molecule has 1 aliphatic rings. The Balaban J connectivity index is 2.55. The molecule has 0 amide bonds. The van der Waals surface area contributed by atoms with E-state index in [0.717, 1.165) is 6.42 Å². The fourth-order valence-corrected chi connectivity index (χ4v) is 3.70. The predicted octanol–water partition coefficient (Wildman–Crippen LogP) is 4.14. The Morgan fingerprint density at radius 3 is 2.29 bits per heavy atom. The number of ether oxygens (including phenoxy) is 1. The summed E-state index contributed by atoms with van der Waals surface area (Å²) in [5.74, 6) is 0. The van der Waals surface area contributed by atoms with Crippen LogP contribution in [0.2, 0.25) is 0 Å². The molecule has 84 valence electrons. The summed E-state index contributed by atoms with van der Waals surface area (Å²) in [7, 11) is 0. The summed E-state index contributed by atoms with van der Waals surface area (Å²) in [4.78, 5) is 0.666. The Bertz CT molecular complexity index is 177. The van der Waals surface area contributed by atoms with Crippen LogP contribution >= 0.6 is 15.9 Å². The third-order valence-electron chi connectivity index (χ3n) is 3.97. The van der Waals surface area contributed by atoms with Crippen molar-refractivity contribution in [3.63, 3.8) is 0 Å². The van der Waals surface area contributed by atoms with Crippen LogP contribution in [0.25, 0.3) is 0 Å². The number of alkyl halides is 1. The van der Waals surface area contributed by atoms with Gasteiger partial charge in [-0.3, -0.25) is 0 Å². The van der Waals surface area contributed by atoms with Gasteiger partial charge in [0.2, 0.25) is 0 Å². The lowest BCUT2D eigenvalue weighted by atomic mass is 9.62. The average molecular weight is 263 g/mol. The molecule has 3 unspecified atom stereocenters. The topological polar surface area (TPSA) is 9.23 Å². The Hall–Kier alpha value is 0.440. The molecule has 0 heterocycles. The van der Waals surface area contributed by atoms with Crippen LogP contribution in [0, 0.1) is 5.41 Å². The first kappa shape index (κ1) is 12.5. The second-order valence-electron chi connectivity index (χ2n) is 4.49. The Morgan fingerprint density at radius 2 is 1.93 bits per heavy atom. The summed E-state index contributed by atoms with van der Waals surface area (Å²) in [6.07, 6.45) is 5.65. The van der Waals surface area contributed by atoms with Gasteiger partial charge in [-0.25, -0.2) is 0 Å². The van der Waals surface area contributed by atoms with Crippen LogP contribution < -0.4 is 0 Å². The van der Waals surface area contributed by atoms with E-state index >= 15 is 0 Å². The van der Waals surface area contributed by atoms with Crippen LogP contribution in [0.5, 0.6) is 0 Å². The fraction of sp³-hybridized carbons (Fsp3) is 1.00. The SMILES string of the molecule is CCC(C)OC1CC(Br)C1(CC)CC. The lowest BCUT2D eigenvalue weighted by Crippen LogP contribution is -2.55. The molecule has 0 aromatic carbocycles. The zero-order valence-corrected chi connectivity index (χ0v) is 11.4. The maximum Gasteiger partial charge on any atom is 0.0656 e. The van der Waals surface area contributed by atoms with Gasteiger partial charge < -0.3 is 4.74 Å². The molecule has 2 heteroatoms. The zero-order valence-electron chi connectivity index (χ0n) is 9.85. The lowest BCUT2D eigenvalue weighted by molar-refractivity contribution is -0.135. The Labute approximate surface area is 96.7 Å². The van der Waals surface area contributed by atoms with Crippen LogP contribution in [0.3, 0.4) is 0 Å². The average Bonchev–Trinajstić information content (AvgIpc) is 2.19. The normalized spacial score (nSPS) is 32.4. The van der Waals surface area contributed by atoms with Gasteiger partial charge in [0.05, 0.1) is 12.2 Å². The number of hydrogen-bond acceptors (Lipinski definition) is 1. The predicted molar refractivity (Wildman–Crippen MR) is 65.0 cm³/mol. The second-order valence-corrected chi connectivity index (χ2v) is 5.59. The molecule has 0 N–H and O–H groups in total. The van der Waals surface area contributed by atoms with Gasteiger partial charge in [-0.15, -0.1) is 0 Å². The van der Waals surface area contributed by atoms with E-state index in [4.69, 9.17) is 4.74 Å². The zero-order chi connectivity index (χ0) is 10.8. The molecule has 0 radical (unpaired) electrons. The van der Waals surface area contributed by atoms with Gasteiger partial charge in [0.1, 0.15) is 0 Å². The highest BCUT2D eigenvalue weighted by Crippen LogP contribution is 2.53. The third kappa shape index (κ3) is 2.01. The molecule has 1 nitrogen and oxygen atoms in total. The van der Waals surface area contributed by atoms with Gasteiger partial charge in [-0.1, -0.05) is 36.7 Å². The largest absolute Gasteiger partial charge is 0.375 e. The molecule has 1 saturated carbocycles. The summed E-state index contributed by atoms with van der Waals surface area (Å²) in [6, 6.07) is 0. The molecule has 0 bridgehead atoms. The highest BCUT2D eigenvalue weighted by molar-refractivity contribution is 9.09. The molecular formula is C12H23BrO. The van der Waals surface area contributed by atoms with Crippen molar-refractivity contribution in [2.24, 2.45) is 5.41 Å². The standard InChI is InChI=1S/C12H23BrO/c1-5-9(4)14-11-8-10(13)12(11,6-2)7-3/h9-11H,5-8H2,1-4H3. The van der Waals surface area contributed by atoms with Crippen molar-refractivity contribution in [2.45, 2.75) is 70.4 Å². The van der Waals surface area contributed by atoms with Gasteiger partial charge in [-0.2, -0.15) is 0 Å². The van der Waals surface area contributed by atoms with Crippen LogP contribution in [0.4, 0.5) is 0 Å². The Kier molecular flexibility index (Phi) is 4.45. The van der Waals surface area contributed by atoms with Crippen molar-refractivity contribution in [3.05, 3.63) is 0 Å². The summed E-state index contributed by atoms with van der Waals surface area (Å²) >= 11 is 3.78. The van der Waals surface area contributed by atoms with Crippen molar-refractivity contribution < 1.29 is 4.74 Å². The first-order valence-corrected chi connectivity index (χ1v) is 6.81. The molecule has 1 rings (SSSR count). The van der Waals surface area contributed by atoms with E-state index in [9.17, 15) is 0 Å². The first-order valence-electron chi connectivity index (χ1n) is 5.90. The maximum absolute atomic E-state index is 6.07. The molecule has 14 heavy (non-hydrogen) atoms. The van der Waals surface area contributed by atoms with Crippen molar-refractivity contribution in [1.29, 1.82) is 0 Å². The quantitative estimate of drug-likeness (QED) is 0.677. The number of halogens is 1. The van der Waals surface area contributed by atoms with Crippen LogP contribution in [0.15, 0.2) is 0 Å². The van der Waals surface area contributed by atoms with Crippen molar-refractivity contribution in [2.75, 3.05) is 0 Å². The van der Waals surface area contributed by atoms with Crippen molar-refractivity contribution in [3.8, 4) is 0 Å². The van der Waals surface area contributed by atoms with E-state index in [1.165, 1.54) is 19.3 Å². The molecule has 0 spiro atoms. The van der Waals surface area contributed by atoms with Gasteiger partial charge in [-0.05, 0) is 32.6 Å². The van der Waals surface area contributed by atoms with Crippen LogP contribution in [0.1, 0.15) is 53.4 Å². The van der Waals surface area contributed by atoms with Gasteiger partial charge in [0.25, 0.3) is 0 Å². The minimum atomic E-state index is 0.406. The van der Waals surface area contributed by atoms with E-state index in [2.05, 4.69) is 43.6 Å². The highest BCUT2D eigenvalue weighted by Gasteiger charge is 2.52. The molecule has 0 aromatic rings. The molecule has 0 aliphatic heterocycles. The van der Waals surface area contributed by atoms with E-state index in [-0.39, 0.29) is 0 Å². The van der Waals surface area contributed by atoms with E-state index in [1.807, 2.05) is 0 Å². The molecular weight excluding hydrogens is 240 g/mol. The summed E-state index contributed by atoms with van der Waals surface area (Å²) in [6.45, 7) is 8.93. The molecule has 3 atom stereocenters. The highest BCUT2D eigenvalue weighted by atomic mass is 79.9. The van der Waals surface area contributed by atoms with E-state index in [0.29, 0.717) is 22.5 Å². The third-order valence-corrected chi connectivity index (χ3v) is 5.26. The minimum absolute atomic E-state index is 0.406. The van der Waals surface area contributed by atoms with Gasteiger partial charge in [0.15, 0.2) is 0 Å². The molecule has 1 aliphatic carbocycles.